The van der Waals surface area contributed by atoms with Crippen LogP contribution in [0.5, 0.6) is 0 Å². The van der Waals surface area contributed by atoms with Crippen LogP contribution in [0.25, 0.3) is 0 Å². The number of hydrogen-bond acceptors (Lipinski definition) is 5. The molecule has 2 aromatic rings. The molecule has 4 fully saturated rings. The molecule has 7 heteroatoms. The van der Waals surface area contributed by atoms with E-state index in [9.17, 15) is 14.4 Å². The standard InChI is InChI=1S/C31H38N2O4S/c1-3-20(2)24-8-10-25(11-9-24)32-28(34)18-37-30(36)26-6-4-5-7-27(26)38-19-29(35)33-31-15-21-12-22(16-31)14-23(13-21)17-31/h4-11,20-23H,3,12-19H2,1-2H3,(H,32,34)(H,33,35). The van der Waals surface area contributed by atoms with Gasteiger partial charge in [-0.2, -0.15) is 0 Å². The zero-order chi connectivity index (χ0) is 26.7. The van der Waals surface area contributed by atoms with Crippen molar-refractivity contribution in [3.05, 3.63) is 59.7 Å². The van der Waals surface area contributed by atoms with Crippen LogP contribution in [0.2, 0.25) is 0 Å². The number of amides is 2. The summed E-state index contributed by atoms with van der Waals surface area (Å²) in [6, 6.07) is 14.8. The Morgan fingerprint density at radius 2 is 1.58 bits per heavy atom. The van der Waals surface area contributed by atoms with Crippen molar-refractivity contribution in [2.24, 2.45) is 17.8 Å². The largest absolute Gasteiger partial charge is 0.452 e. The number of anilines is 1. The van der Waals surface area contributed by atoms with E-state index in [4.69, 9.17) is 4.74 Å². The van der Waals surface area contributed by atoms with Crippen molar-refractivity contribution >= 4 is 35.2 Å². The third kappa shape index (κ3) is 6.25. The number of esters is 1. The minimum atomic E-state index is -0.572. The number of hydrogen-bond donors (Lipinski definition) is 2. The smallest absolute Gasteiger partial charge is 0.339 e. The summed E-state index contributed by atoms with van der Waals surface area (Å²) in [6.45, 7) is 3.93. The molecule has 0 aliphatic heterocycles. The Morgan fingerprint density at radius 3 is 2.21 bits per heavy atom. The quantitative estimate of drug-likeness (QED) is 0.281. The summed E-state index contributed by atoms with van der Waals surface area (Å²) < 4.78 is 5.32. The van der Waals surface area contributed by atoms with Crippen LogP contribution in [0.1, 0.15) is 80.6 Å². The molecule has 0 heterocycles. The summed E-state index contributed by atoms with van der Waals surface area (Å²) in [5, 5.41) is 6.17. The van der Waals surface area contributed by atoms with E-state index in [1.165, 1.54) is 36.6 Å². The molecule has 2 amide bonds. The summed E-state index contributed by atoms with van der Waals surface area (Å²) in [4.78, 5) is 38.8. The zero-order valence-corrected chi connectivity index (χ0v) is 23.1. The zero-order valence-electron chi connectivity index (χ0n) is 22.3. The lowest BCUT2D eigenvalue weighted by Gasteiger charge is -2.56. The first-order valence-corrected chi connectivity index (χ1v) is 14.9. The minimum Gasteiger partial charge on any atom is -0.452 e. The molecule has 38 heavy (non-hydrogen) atoms. The van der Waals surface area contributed by atoms with Crippen molar-refractivity contribution in [3.63, 3.8) is 0 Å². The molecule has 202 valence electrons. The molecule has 2 aromatic carbocycles. The second-order valence-electron chi connectivity index (χ2n) is 11.6. The van der Waals surface area contributed by atoms with E-state index < -0.39 is 11.9 Å². The lowest BCUT2D eigenvalue weighted by molar-refractivity contribution is -0.124. The van der Waals surface area contributed by atoms with Crippen molar-refractivity contribution in [2.45, 2.75) is 75.1 Å². The van der Waals surface area contributed by atoms with Gasteiger partial charge in [-0.3, -0.25) is 9.59 Å². The van der Waals surface area contributed by atoms with Crippen LogP contribution in [0.15, 0.2) is 53.4 Å². The van der Waals surface area contributed by atoms with Crippen LogP contribution in [0, 0.1) is 17.8 Å². The number of benzene rings is 2. The average Bonchev–Trinajstić information content (AvgIpc) is 2.89. The SMILES string of the molecule is CCC(C)c1ccc(NC(=O)COC(=O)c2ccccc2SCC(=O)NC23CC4CC(CC(C4)C2)C3)cc1. The lowest BCUT2D eigenvalue weighted by Crippen LogP contribution is -2.60. The number of ether oxygens (including phenoxy) is 1. The van der Waals surface area contributed by atoms with Crippen LogP contribution in [-0.2, 0) is 14.3 Å². The Labute approximate surface area is 229 Å². The first-order valence-electron chi connectivity index (χ1n) is 13.9. The fourth-order valence-electron chi connectivity index (χ4n) is 7.04. The van der Waals surface area contributed by atoms with Gasteiger partial charge in [-0.25, -0.2) is 4.79 Å². The summed E-state index contributed by atoms with van der Waals surface area (Å²) >= 11 is 1.34. The van der Waals surface area contributed by atoms with Gasteiger partial charge in [-0.1, -0.05) is 38.1 Å². The van der Waals surface area contributed by atoms with Crippen LogP contribution in [-0.4, -0.2) is 35.7 Å². The van der Waals surface area contributed by atoms with Gasteiger partial charge in [0.2, 0.25) is 5.91 Å². The molecule has 1 unspecified atom stereocenters. The Hall–Kier alpha value is -2.80. The fraction of sp³-hybridized carbons (Fsp3) is 0.516. The van der Waals surface area contributed by atoms with E-state index in [0.29, 0.717) is 22.1 Å². The van der Waals surface area contributed by atoms with Gasteiger partial charge in [0, 0.05) is 16.1 Å². The molecular formula is C31H38N2O4S. The van der Waals surface area contributed by atoms with Crippen LogP contribution in [0.4, 0.5) is 5.69 Å². The molecule has 0 aromatic heterocycles. The van der Waals surface area contributed by atoms with Crippen LogP contribution < -0.4 is 10.6 Å². The maximum absolute atomic E-state index is 12.9. The van der Waals surface area contributed by atoms with Gasteiger partial charge in [0.15, 0.2) is 6.61 Å². The van der Waals surface area contributed by atoms with Crippen molar-refractivity contribution < 1.29 is 19.1 Å². The highest BCUT2D eigenvalue weighted by Gasteiger charge is 2.51. The van der Waals surface area contributed by atoms with E-state index in [0.717, 1.165) is 43.4 Å². The van der Waals surface area contributed by atoms with Gasteiger partial charge in [0.25, 0.3) is 5.91 Å². The minimum absolute atomic E-state index is 0.0211. The molecule has 0 saturated heterocycles. The molecule has 1 atom stereocenters. The summed E-state index contributed by atoms with van der Waals surface area (Å²) in [5.74, 6) is 2.08. The van der Waals surface area contributed by atoms with E-state index in [1.54, 1.807) is 12.1 Å². The molecule has 2 N–H and O–H groups in total. The Morgan fingerprint density at radius 1 is 0.947 bits per heavy atom. The molecular weight excluding hydrogens is 496 g/mol. The fourth-order valence-corrected chi connectivity index (χ4v) is 7.88. The van der Waals surface area contributed by atoms with Gasteiger partial charge in [0.05, 0.1) is 11.3 Å². The van der Waals surface area contributed by atoms with Gasteiger partial charge in [-0.15, -0.1) is 11.8 Å². The summed E-state index contributed by atoms with van der Waals surface area (Å²) in [7, 11) is 0. The molecule has 0 spiro atoms. The van der Waals surface area contributed by atoms with Gasteiger partial charge in [-0.05, 0) is 98.4 Å². The third-order valence-corrected chi connectivity index (χ3v) is 9.69. The predicted molar refractivity (Wildman–Crippen MR) is 150 cm³/mol. The van der Waals surface area contributed by atoms with Gasteiger partial charge >= 0.3 is 5.97 Å². The summed E-state index contributed by atoms with van der Waals surface area (Å²) in [6.07, 6.45) is 8.40. The first kappa shape index (κ1) is 26.8. The van der Waals surface area contributed by atoms with E-state index in [2.05, 4.69) is 24.5 Å². The van der Waals surface area contributed by atoms with Crippen molar-refractivity contribution in [1.29, 1.82) is 0 Å². The Bertz CT molecular complexity index is 1140. The highest BCUT2D eigenvalue weighted by atomic mass is 32.2. The predicted octanol–water partition coefficient (Wildman–Crippen LogP) is 6.17. The molecule has 6 nitrogen and oxygen atoms in total. The molecule has 4 bridgehead atoms. The second kappa shape index (κ2) is 11.5. The molecule has 4 aliphatic carbocycles. The number of rotatable bonds is 10. The van der Waals surface area contributed by atoms with E-state index >= 15 is 0 Å². The van der Waals surface area contributed by atoms with Gasteiger partial charge in [0.1, 0.15) is 0 Å². The highest BCUT2D eigenvalue weighted by Crippen LogP contribution is 2.55. The molecule has 6 rings (SSSR count). The molecule has 0 radical (unpaired) electrons. The van der Waals surface area contributed by atoms with Crippen molar-refractivity contribution in [3.8, 4) is 0 Å². The average molecular weight is 535 g/mol. The number of carbonyl (C=O) groups is 3. The number of carbonyl (C=O) groups excluding carboxylic acids is 3. The molecule has 4 aliphatic rings. The van der Waals surface area contributed by atoms with Crippen molar-refractivity contribution in [1.82, 2.24) is 5.32 Å². The maximum Gasteiger partial charge on any atom is 0.339 e. The monoisotopic (exact) mass is 534 g/mol. The number of thioether (sulfide) groups is 1. The van der Waals surface area contributed by atoms with Crippen LogP contribution >= 0.6 is 11.8 Å². The van der Waals surface area contributed by atoms with Crippen LogP contribution in [0.3, 0.4) is 0 Å². The third-order valence-electron chi connectivity index (χ3n) is 8.62. The Kier molecular flexibility index (Phi) is 8.12. The summed E-state index contributed by atoms with van der Waals surface area (Å²) in [5.41, 5.74) is 2.23. The first-order chi connectivity index (χ1) is 18.3. The normalized spacial score (nSPS) is 26.0. The highest BCUT2D eigenvalue weighted by molar-refractivity contribution is 8.00. The maximum atomic E-state index is 12.9. The van der Waals surface area contributed by atoms with E-state index in [-0.39, 0.29) is 23.8 Å². The van der Waals surface area contributed by atoms with E-state index in [1.807, 2.05) is 36.4 Å². The van der Waals surface area contributed by atoms with Gasteiger partial charge < -0.3 is 15.4 Å². The molecule has 4 saturated carbocycles. The Balaban J connectivity index is 1.11. The second-order valence-corrected chi connectivity index (χ2v) is 12.6. The lowest BCUT2D eigenvalue weighted by atomic mass is 9.53. The number of nitrogens with one attached hydrogen (secondary N) is 2. The van der Waals surface area contributed by atoms with Crippen molar-refractivity contribution in [2.75, 3.05) is 17.7 Å². The topological polar surface area (TPSA) is 84.5 Å².